The summed E-state index contributed by atoms with van der Waals surface area (Å²) in [5, 5.41) is 9.07. The number of benzene rings is 1. The van der Waals surface area contributed by atoms with E-state index in [4.69, 9.17) is 14.6 Å². The fourth-order valence-corrected chi connectivity index (χ4v) is 2.17. The van der Waals surface area contributed by atoms with Crippen molar-refractivity contribution in [2.24, 2.45) is 0 Å². The predicted molar refractivity (Wildman–Crippen MR) is 77.4 cm³/mol. The van der Waals surface area contributed by atoms with E-state index in [0.717, 1.165) is 18.7 Å². The molecule has 0 aliphatic heterocycles. The third-order valence-electron chi connectivity index (χ3n) is 3.32. The maximum atomic E-state index is 11.1. The van der Waals surface area contributed by atoms with Crippen LogP contribution in [-0.2, 0) is 11.3 Å². The highest BCUT2D eigenvalue weighted by molar-refractivity contribution is 5.90. The van der Waals surface area contributed by atoms with Crippen molar-refractivity contribution in [3.05, 3.63) is 29.3 Å². The Bertz CT molecular complexity index is 447. The van der Waals surface area contributed by atoms with Crippen molar-refractivity contribution in [2.75, 3.05) is 27.4 Å². The molecule has 0 amide bonds. The first-order valence-corrected chi connectivity index (χ1v) is 6.66. The second-order valence-corrected chi connectivity index (χ2v) is 4.71. The normalized spacial score (nSPS) is 12.4. The molecule has 1 aromatic rings. The highest BCUT2D eigenvalue weighted by Crippen LogP contribution is 2.21. The van der Waals surface area contributed by atoms with Crippen molar-refractivity contribution in [1.29, 1.82) is 0 Å². The van der Waals surface area contributed by atoms with E-state index in [1.54, 1.807) is 19.2 Å². The van der Waals surface area contributed by atoms with Gasteiger partial charge in [-0.3, -0.25) is 4.90 Å². The number of nitrogens with zero attached hydrogens (tertiary/aromatic N) is 1. The fourth-order valence-electron chi connectivity index (χ4n) is 2.17. The quantitative estimate of drug-likeness (QED) is 0.792. The zero-order valence-corrected chi connectivity index (χ0v) is 12.5. The fraction of sp³-hybridized carbons (Fsp3) is 0.533. The molecule has 0 aliphatic carbocycles. The van der Waals surface area contributed by atoms with E-state index in [2.05, 4.69) is 18.7 Å². The van der Waals surface area contributed by atoms with Gasteiger partial charge in [-0.2, -0.15) is 0 Å². The van der Waals surface area contributed by atoms with E-state index in [9.17, 15) is 4.79 Å². The van der Waals surface area contributed by atoms with Gasteiger partial charge in [-0.15, -0.1) is 0 Å². The lowest BCUT2D eigenvalue weighted by atomic mass is 10.1. The lowest BCUT2D eigenvalue weighted by molar-refractivity contribution is 0.0693. The first-order chi connectivity index (χ1) is 9.53. The third-order valence-corrected chi connectivity index (χ3v) is 3.32. The zero-order valence-electron chi connectivity index (χ0n) is 12.5. The van der Waals surface area contributed by atoms with Gasteiger partial charge in [0, 0.05) is 19.7 Å². The predicted octanol–water partition coefficient (Wildman–Crippen LogP) is 2.25. The molecule has 1 atom stereocenters. The van der Waals surface area contributed by atoms with Gasteiger partial charge in [0.25, 0.3) is 0 Å². The first kappa shape index (κ1) is 16.5. The topological polar surface area (TPSA) is 59.0 Å². The van der Waals surface area contributed by atoms with Crippen molar-refractivity contribution in [1.82, 2.24) is 4.90 Å². The Hall–Kier alpha value is -1.59. The Kier molecular flexibility index (Phi) is 6.48. The molecule has 5 nitrogen and oxygen atoms in total. The molecule has 0 aliphatic rings. The summed E-state index contributed by atoms with van der Waals surface area (Å²) in [5.74, 6) is -0.584. The number of hydrogen-bond acceptors (Lipinski definition) is 4. The molecular weight excluding hydrogens is 258 g/mol. The molecule has 1 rings (SSSR count). The summed E-state index contributed by atoms with van der Waals surface area (Å²) < 4.78 is 10.3. The molecule has 0 radical (unpaired) electrons. The average molecular weight is 281 g/mol. The lowest BCUT2D eigenvalue weighted by Gasteiger charge is -2.27. The molecule has 0 spiro atoms. The number of carboxylic acid groups (broad SMARTS) is 1. The Morgan fingerprint density at radius 1 is 1.40 bits per heavy atom. The first-order valence-electron chi connectivity index (χ1n) is 6.66. The second-order valence-electron chi connectivity index (χ2n) is 4.71. The van der Waals surface area contributed by atoms with Crippen LogP contribution in [0, 0.1) is 0 Å². The minimum Gasteiger partial charge on any atom is -0.496 e. The largest absolute Gasteiger partial charge is 0.496 e. The number of ether oxygens (including phenoxy) is 2. The van der Waals surface area contributed by atoms with Crippen LogP contribution >= 0.6 is 0 Å². The SMILES string of the molecule is CCN(Cc1ccc(C(=O)O)c(OC)c1)C(C)COC. The van der Waals surface area contributed by atoms with Gasteiger partial charge in [-0.05, 0) is 31.2 Å². The van der Waals surface area contributed by atoms with E-state index in [1.807, 2.05) is 6.07 Å². The number of hydrogen-bond donors (Lipinski definition) is 1. The number of methoxy groups -OCH3 is 2. The summed E-state index contributed by atoms with van der Waals surface area (Å²) in [6.45, 7) is 6.49. The van der Waals surface area contributed by atoms with Crippen LogP contribution in [-0.4, -0.2) is 49.4 Å². The van der Waals surface area contributed by atoms with Gasteiger partial charge < -0.3 is 14.6 Å². The maximum Gasteiger partial charge on any atom is 0.339 e. The van der Waals surface area contributed by atoms with E-state index >= 15 is 0 Å². The third kappa shape index (κ3) is 4.21. The maximum absolute atomic E-state index is 11.1. The molecule has 1 N–H and O–H groups in total. The van der Waals surface area contributed by atoms with Crippen molar-refractivity contribution < 1.29 is 19.4 Å². The Balaban J connectivity index is 2.89. The Morgan fingerprint density at radius 3 is 2.60 bits per heavy atom. The summed E-state index contributed by atoms with van der Waals surface area (Å²) in [4.78, 5) is 13.3. The summed E-state index contributed by atoms with van der Waals surface area (Å²) >= 11 is 0. The van der Waals surface area contributed by atoms with E-state index in [0.29, 0.717) is 18.4 Å². The molecule has 0 aromatic heterocycles. The van der Waals surface area contributed by atoms with Crippen LogP contribution in [0.1, 0.15) is 29.8 Å². The molecule has 0 saturated heterocycles. The van der Waals surface area contributed by atoms with Gasteiger partial charge in [0.2, 0.25) is 0 Å². The van der Waals surface area contributed by atoms with Gasteiger partial charge >= 0.3 is 5.97 Å². The van der Waals surface area contributed by atoms with Crippen LogP contribution in [0.4, 0.5) is 0 Å². The van der Waals surface area contributed by atoms with Crippen LogP contribution in [0.25, 0.3) is 0 Å². The molecule has 1 unspecified atom stereocenters. The summed E-state index contributed by atoms with van der Waals surface area (Å²) in [6, 6.07) is 5.50. The smallest absolute Gasteiger partial charge is 0.339 e. The second kappa shape index (κ2) is 7.87. The Morgan fingerprint density at radius 2 is 2.10 bits per heavy atom. The van der Waals surface area contributed by atoms with Crippen molar-refractivity contribution in [2.45, 2.75) is 26.4 Å². The Labute approximate surface area is 120 Å². The molecule has 0 saturated carbocycles. The number of likely N-dealkylation sites (N-methyl/N-ethyl adjacent to an activating group) is 1. The molecule has 5 heteroatoms. The van der Waals surface area contributed by atoms with Crippen LogP contribution in [0.3, 0.4) is 0 Å². The van der Waals surface area contributed by atoms with E-state index in [1.165, 1.54) is 7.11 Å². The van der Waals surface area contributed by atoms with Gasteiger partial charge in [0.05, 0.1) is 13.7 Å². The molecule has 0 heterocycles. The van der Waals surface area contributed by atoms with Gasteiger partial charge in [0.1, 0.15) is 11.3 Å². The standard InChI is InChI=1S/C15H23NO4/c1-5-16(11(2)10-19-3)9-12-6-7-13(15(17)18)14(8-12)20-4/h6-8,11H,5,9-10H2,1-4H3,(H,17,18). The van der Waals surface area contributed by atoms with Crippen LogP contribution in [0.2, 0.25) is 0 Å². The zero-order chi connectivity index (χ0) is 15.1. The number of aromatic carboxylic acids is 1. The van der Waals surface area contributed by atoms with Gasteiger partial charge in [-0.25, -0.2) is 4.79 Å². The van der Waals surface area contributed by atoms with Crippen LogP contribution in [0.15, 0.2) is 18.2 Å². The molecule has 0 bridgehead atoms. The summed E-state index contributed by atoms with van der Waals surface area (Å²) in [5.41, 5.74) is 1.21. The highest BCUT2D eigenvalue weighted by atomic mass is 16.5. The molecule has 1 aromatic carbocycles. The minimum atomic E-state index is -0.978. The molecular formula is C15H23NO4. The molecule has 112 valence electrons. The van der Waals surface area contributed by atoms with Crippen molar-refractivity contribution in [3.63, 3.8) is 0 Å². The molecule has 20 heavy (non-hydrogen) atoms. The van der Waals surface area contributed by atoms with Crippen molar-refractivity contribution in [3.8, 4) is 5.75 Å². The average Bonchev–Trinajstić information content (AvgIpc) is 2.44. The molecule has 0 fully saturated rings. The summed E-state index contributed by atoms with van der Waals surface area (Å²) in [7, 11) is 3.17. The minimum absolute atomic E-state index is 0.184. The van der Waals surface area contributed by atoms with Gasteiger partial charge in [-0.1, -0.05) is 13.0 Å². The summed E-state index contributed by atoms with van der Waals surface area (Å²) in [6.07, 6.45) is 0. The van der Waals surface area contributed by atoms with Crippen LogP contribution < -0.4 is 4.74 Å². The van der Waals surface area contributed by atoms with Crippen molar-refractivity contribution >= 4 is 5.97 Å². The van der Waals surface area contributed by atoms with Crippen LogP contribution in [0.5, 0.6) is 5.75 Å². The van der Waals surface area contributed by atoms with E-state index in [-0.39, 0.29) is 5.56 Å². The van der Waals surface area contributed by atoms with Gasteiger partial charge in [0.15, 0.2) is 0 Å². The number of carboxylic acids is 1. The lowest BCUT2D eigenvalue weighted by Crippen LogP contribution is -2.35. The number of rotatable bonds is 8. The van der Waals surface area contributed by atoms with E-state index < -0.39 is 5.97 Å². The highest BCUT2D eigenvalue weighted by Gasteiger charge is 2.15. The monoisotopic (exact) mass is 281 g/mol. The number of carbonyl (C=O) groups is 1.